The van der Waals surface area contributed by atoms with Gasteiger partial charge in [-0.1, -0.05) is 18.2 Å². The zero-order valence-corrected chi connectivity index (χ0v) is 11.8. The second-order valence-corrected chi connectivity index (χ2v) is 5.45. The molecule has 5 nitrogen and oxygen atoms in total. The quantitative estimate of drug-likeness (QED) is 0.919. The Hall–Kier alpha value is -2.30. The molecule has 2 aliphatic rings. The molecule has 0 spiro atoms. The van der Waals surface area contributed by atoms with E-state index in [0.717, 1.165) is 24.2 Å². The third-order valence-corrected chi connectivity index (χ3v) is 3.86. The fourth-order valence-corrected chi connectivity index (χ4v) is 2.54. The maximum Gasteiger partial charge on any atom is 0.326 e. The fraction of sp³-hybridized carbons (Fsp3) is 0.375. The number of fused-ring (bicyclic) bond motifs is 1. The summed E-state index contributed by atoms with van der Waals surface area (Å²) in [5, 5.41) is 9.19. The normalized spacial score (nSPS) is 18.0. The van der Waals surface area contributed by atoms with Crippen LogP contribution in [0.1, 0.15) is 25.3 Å². The molecule has 0 bridgehead atoms. The van der Waals surface area contributed by atoms with Crippen LogP contribution in [0.3, 0.4) is 0 Å². The molecule has 0 radical (unpaired) electrons. The van der Waals surface area contributed by atoms with E-state index in [4.69, 9.17) is 4.74 Å². The summed E-state index contributed by atoms with van der Waals surface area (Å²) >= 11 is 0. The summed E-state index contributed by atoms with van der Waals surface area (Å²) in [5.74, 6) is -0.465. The minimum absolute atomic E-state index is 0.0432. The van der Waals surface area contributed by atoms with Crippen LogP contribution in [0.5, 0.6) is 5.75 Å². The van der Waals surface area contributed by atoms with Crippen LogP contribution in [-0.4, -0.2) is 40.6 Å². The molecule has 1 heterocycles. The summed E-state index contributed by atoms with van der Waals surface area (Å²) in [6.07, 6.45) is 3.54. The van der Waals surface area contributed by atoms with Crippen LogP contribution in [0.2, 0.25) is 0 Å². The second-order valence-electron chi connectivity index (χ2n) is 5.45. The number of hydrogen-bond donors (Lipinski definition) is 1. The van der Waals surface area contributed by atoms with Crippen molar-refractivity contribution in [2.24, 2.45) is 0 Å². The second kappa shape index (κ2) is 5.24. The van der Waals surface area contributed by atoms with Gasteiger partial charge in [0.2, 0.25) is 0 Å². The van der Waals surface area contributed by atoms with Crippen molar-refractivity contribution in [3.05, 3.63) is 35.4 Å². The van der Waals surface area contributed by atoms with E-state index in [9.17, 15) is 14.7 Å². The largest absolute Gasteiger partial charge is 0.488 e. The number of para-hydroxylation sites is 1. The first-order valence-corrected chi connectivity index (χ1v) is 7.06. The summed E-state index contributed by atoms with van der Waals surface area (Å²) < 4.78 is 5.58. The van der Waals surface area contributed by atoms with Gasteiger partial charge in [0.25, 0.3) is 5.91 Å². The molecule has 0 aromatic heterocycles. The fourth-order valence-electron chi connectivity index (χ4n) is 2.54. The van der Waals surface area contributed by atoms with Crippen molar-refractivity contribution in [3.8, 4) is 5.75 Å². The summed E-state index contributed by atoms with van der Waals surface area (Å²) in [4.78, 5) is 25.3. The van der Waals surface area contributed by atoms with Crippen molar-refractivity contribution < 1.29 is 19.4 Å². The van der Waals surface area contributed by atoms with Gasteiger partial charge in [-0.25, -0.2) is 4.79 Å². The Kier molecular flexibility index (Phi) is 3.41. The Morgan fingerprint density at radius 3 is 2.71 bits per heavy atom. The van der Waals surface area contributed by atoms with Crippen LogP contribution < -0.4 is 4.74 Å². The first-order valence-electron chi connectivity index (χ1n) is 7.06. The highest BCUT2D eigenvalue weighted by molar-refractivity contribution is 6.01. The minimum atomic E-state index is -0.979. The van der Waals surface area contributed by atoms with Crippen LogP contribution in [0, 0.1) is 0 Å². The SMILES string of the molecule is CC(C(=O)O)N(C(=O)C1=Cc2ccccc2OC1)C1CC1. The molecule has 1 fully saturated rings. The van der Waals surface area contributed by atoms with Gasteiger partial charge in [0.15, 0.2) is 0 Å². The molecule has 1 aliphatic carbocycles. The predicted molar refractivity (Wildman–Crippen MR) is 76.9 cm³/mol. The van der Waals surface area contributed by atoms with E-state index in [-0.39, 0.29) is 18.6 Å². The van der Waals surface area contributed by atoms with Crippen molar-refractivity contribution in [2.75, 3.05) is 6.61 Å². The van der Waals surface area contributed by atoms with Crippen molar-refractivity contribution in [1.29, 1.82) is 0 Å². The number of carbonyl (C=O) groups is 2. The van der Waals surface area contributed by atoms with E-state index in [0.29, 0.717) is 5.57 Å². The highest BCUT2D eigenvalue weighted by atomic mass is 16.5. The average molecular weight is 287 g/mol. The van der Waals surface area contributed by atoms with Gasteiger partial charge in [0, 0.05) is 11.6 Å². The zero-order valence-electron chi connectivity index (χ0n) is 11.8. The Balaban J connectivity index is 1.87. The molecule has 0 saturated heterocycles. The number of aliphatic carboxylic acids is 1. The molecule has 1 N–H and O–H groups in total. The van der Waals surface area contributed by atoms with E-state index in [1.54, 1.807) is 13.0 Å². The molecule has 3 rings (SSSR count). The number of nitrogens with zero attached hydrogens (tertiary/aromatic N) is 1. The van der Waals surface area contributed by atoms with Gasteiger partial charge < -0.3 is 14.7 Å². The molecule has 21 heavy (non-hydrogen) atoms. The number of carboxylic acid groups (broad SMARTS) is 1. The van der Waals surface area contributed by atoms with Crippen molar-refractivity contribution in [1.82, 2.24) is 4.90 Å². The maximum atomic E-state index is 12.6. The van der Waals surface area contributed by atoms with E-state index in [2.05, 4.69) is 0 Å². The topological polar surface area (TPSA) is 66.8 Å². The van der Waals surface area contributed by atoms with Crippen LogP contribution in [-0.2, 0) is 9.59 Å². The molecule has 110 valence electrons. The smallest absolute Gasteiger partial charge is 0.326 e. The standard InChI is InChI=1S/C16H17NO4/c1-10(16(19)20)17(13-6-7-13)15(18)12-8-11-4-2-3-5-14(11)21-9-12/h2-5,8,10,13H,6-7,9H2,1H3,(H,19,20). The van der Waals surface area contributed by atoms with Gasteiger partial charge in [-0.15, -0.1) is 0 Å². The summed E-state index contributed by atoms with van der Waals surface area (Å²) in [5.41, 5.74) is 1.36. The lowest BCUT2D eigenvalue weighted by atomic mass is 10.1. The third-order valence-electron chi connectivity index (χ3n) is 3.86. The van der Waals surface area contributed by atoms with E-state index in [1.807, 2.05) is 24.3 Å². The van der Waals surface area contributed by atoms with Gasteiger partial charge in [-0.3, -0.25) is 4.79 Å². The minimum Gasteiger partial charge on any atom is -0.488 e. The molecule has 5 heteroatoms. The van der Waals surface area contributed by atoms with E-state index < -0.39 is 12.0 Å². The van der Waals surface area contributed by atoms with Crippen LogP contribution in [0.25, 0.3) is 6.08 Å². The van der Waals surface area contributed by atoms with Crippen molar-refractivity contribution >= 4 is 18.0 Å². The summed E-state index contributed by atoms with van der Waals surface area (Å²) in [7, 11) is 0. The lowest BCUT2D eigenvalue weighted by Gasteiger charge is -2.28. The Labute approximate surface area is 122 Å². The first-order chi connectivity index (χ1) is 10.1. The number of carbonyl (C=O) groups excluding carboxylic acids is 1. The van der Waals surface area contributed by atoms with Crippen molar-refractivity contribution in [2.45, 2.75) is 31.8 Å². The number of ether oxygens (including phenoxy) is 1. The Bertz CT molecular complexity index is 618. The zero-order chi connectivity index (χ0) is 15.0. The van der Waals surface area contributed by atoms with E-state index in [1.165, 1.54) is 4.90 Å². The van der Waals surface area contributed by atoms with Crippen molar-refractivity contribution in [3.63, 3.8) is 0 Å². The molecular weight excluding hydrogens is 270 g/mol. The molecule has 1 aromatic carbocycles. The third kappa shape index (κ3) is 2.63. The monoisotopic (exact) mass is 287 g/mol. The number of rotatable bonds is 4. The highest BCUT2D eigenvalue weighted by Gasteiger charge is 2.39. The molecule has 1 saturated carbocycles. The van der Waals surface area contributed by atoms with Crippen LogP contribution >= 0.6 is 0 Å². The molecule has 1 amide bonds. The van der Waals surface area contributed by atoms with Gasteiger partial charge in [0.1, 0.15) is 18.4 Å². The van der Waals surface area contributed by atoms with Gasteiger partial charge >= 0.3 is 5.97 Å². The lowest BCUT2D eigenvalue weighted by molar-refractivity contribution is -0.148. The van der Waals surface area contributed by atoms with E-state index >= 15 is 0 Å². The predicted octanol–water partition coefficient (Wildman–Crippen LogP) is 1.93. The molecule has 1 atom stereocenters. The van der Waals surface area contributed by atoms with Gasteiger partial charge in [-0.2, -0.15) is 0 Å². The maximum absolute atomic E-state index is 12.6. The summed E-state index contributed by atoms with van der Waals surface area (Å²) in [6.45, 7) is 1.74. The number of carboxylic acids is 1. The average Bonchev–Trinajstić information content (AvgIpc) is 3.31. The Morgan fingerprint density at radius 2 is 2.05 bits per heavy atom. The molecule has 1 aliphatic heterocycles. The molecule has 1 unspecified atom stereocenters. The highest BCUT2D eigenvalue weighted by Crippen LogP contribution is 2.32. The number of hydrogen-bond acceptors (Lipinski definition) is 3. The van der Waals surface area contributed by atoms with Gasteiger partial charge in [0.05, 0.1) is 5.57 Å². The van der Waals surface area contributed by atoms with Crippen LogP contribution in [0.4, 0.5) is 0 Å². The molecule has 1 aromatic rings. The Morgan fingerprint density at radius 1 is 1.33 bits per heavy atom. The first kappa shape index (κ1) is 13.7. The molecular formula is C16H17NO4. The van der Waals surface area contributed by atoms with Gasteiger partial charge in [-0.05, 0) is 31.9 Å². The number of benzene rings is 1. The van der Waals surface area contributed by atoms with Crippen LogP contribution in [0.15, 0.2) is 29.8 Å². The summed E-state index contributed by atoms with van der Waals surface area (Å²) in [6, 6.07) is 6.72. The lowest BCUT2D eigenvalue weighted by Crippen LogP contribution is -2.46. The number of amides is 1.